The first-order valence-corrected chi connectivity index (χ1v) is 3.03. The Morgan fingerprint density at radius 1 is 1.50 bits per heavy atom. The maximum atomic E-state index is 3.20. The lowest BCUT2D eigenvalue weighted by Gasteiger charge is -2.07. The van der Waals surface area contributed by atoms with Crippen LogP contribution in [-0.2, 0) is 0 Å². The van der Waals surface area contributed by atoms with E-state index >= 15 is 0 Å². The van der Waals surface area contributed by atoms with Crippen LogP contribution in [0.1, 0.15) is 6.92 Å². The fourth-order valence-corrected chi connectivity index (χ4v) is 0.742. The van der Waals surface area contributed by atoms with Crippen LogP contribution in [0.4, 0.5) is 0 Å². The summed E-state index contributed by atoms with van der Waals surface area (Å²) in [4.78, 5) is 0. The highest BCUT2D eigenvalue weighted by atomic mass is 14.7. The molecule has 0 aromatic heterocycles. The van der Waals surface area contributed by atoms with Crippen molar-refractivity contribution in [1.29, 1.82) is 0 Å². The molecule has 1 aliphatic heterocycles. The smallest absolute Gasteiger partial charge is 0.277 e. The van der Waals surface area contributed by atoms with E-state index in [-0.39, 0.29) is 0 Å². The first-order valence-electron chi connectivity index (χ1n) is 3.03. The molecule has 0 aromatic carbocycles. The van der Waals surface area contributed by atoms with Crippen molar-refractivity contribution in [2.75, 3.05) is 0 Å². The summed E-state index contributed by atoms with van der Waals surface area (Å²) in [5.41, 5.74) is 0. The van der Waals surface area contributed by atoms with Gasteiger partial charge in [-0.25, -0.2) is 0 Å². The second kappa shape index (κ2) is 2.60. The van der Waals surface area contributed by atoms with Crippen LogP contribution in [0.3, 0.4) is 0 Å². The first kappa shape index (κ1) is 5.48. The van der Waals surface area contributed by atoms with Gasteiger partial charge in [0.1, 0.15) is 0 Å². The summed E-state index contributed by atoms with van der Waals surface area (Å²) in [6.45, 7) is 2.74. The lowest BCUT2D eigenvalue weighted by Crippen LogP contribution is -2.27. The lowest BCUT2D eigenvalue weighted by atomic mass is 9.59. The predicted molar refractivity (Wildman–Crippen MR) is 37.7 cm³/mol. The van der Waals surface area contributed by atoms with E-state index in [0.717, 1.165) is 0 Å². The molecule has 0 saturated carbocycles. The SMILES string of the molecule is CCB1C=CC=CN1. The van der Waals surface area contributed by atoms with Crippen molar-refractivity contribution in [3.8, 4) is 0 Å². The van der Waals surface area contributed by atoms with E-state index < -0.39 is 0 Å². The Morgan fingerprint density at radius 2 is 2.38 bits per heavy atom. The Labute approximate surface area is 50.6 Å². The Morgan fingerprint density at radius 3 is 2.75 bits per heavy atom. The Bertz CT molecular complexity index is 118. The van der Waals surface area contributed by atoms with Crippen LogP contribution in [-0.4, -0.2) is 6.85 Å². The highest BCUT2D eigenvalue weighted by Gasteiger charge is 2.04. The van der Waals surface area contributed by atoms with Crippen molar-refractivity contribution in [3.63, 3.8) is 0 Å². The third kappa shape index (κ3) is 1.16. The number of allylic oxidation sites excluding steroid dienone is 2. The first-order chi connectivity index (χ1) is 3.93. The van der Waals surface area contributed by atoms with Gasteiger partial charge in [0.15, 0.2) is 0 Å². The molecule has 42 valence electrons. The van der Waals surface area contributed by atoms with Crippen LogP contribution < -0.4 is 5.23 Å². The molecule has 0 amide bonds. The van der Waals surface area contributed by atoms with Gasteiger partial charge >= 0.3 is 0 Å². The monoisotopic (exact) mass is 107 g/mol. The average molecular weight is 107 g/mol. The maximum absolute atomic E-state index is 3.20. The van der Waals surface area contributed by atoms with E-state index in [1.165, 1.54) is 6.32 Å². The lowest BCUT2D eigenvalue weighted by molar-refractivity contribution is 1.24. The summed E-state index contributed by atoms with van der Waals surface area (Å²) >= 11 is 0. The second-order valence-corrected chi connectivity index (χ2v) is 1.93. The van der Waals surface area contributed by atoms with Crippen molar-refractivity contribution >= 4 is 6.85 Å². The van der Waals surface area contributed by atoms with Crippen LogP contribution in [0.2, 0.25) is 6.32 Å². The van der Waals surface area contributed by atoms with Crippen molar-refractivity contribution in [1.82, 2.24) is 5.23 Å². The number of rotatable bonds is 1. The van der Waals surface area contributed by atoms with Crippen LogP contribution in [0.15, 0.2) is 24.3 Å². The second-order valence-electron chi connectivity index (χ2n) is 1.93. The van der Waals surface area contributed by atoms with Gasteiger partial charge in [-0.15, -0.1) is 0 Å². The largest absolute Gasteiger partial charge is 0.430 e. The third-order valence-corrected chi connectivity index (χ3v) is 1.30. The van der Waals surface area contributed by atoms with E-state index in [1.54, 1.807) is 0 Å². The van der Waals surface area contributed by atoms with Gasteiger partial charge in [0, 0.05) is 0 Å². The molecule has 1 N–H and O–H groups in total. The molecule has 0 aliphatic carbocycles. The molecule has 0 saturated heterocycles. The standard InChI is InChI=1S/C6H10BN/c1-2-7-5-3-4-6-8-7/h3-6,8H,2H2,1H3. The van der Waals surface area contributed by atoms with Crippen LogP contribution in [0.25, 0.3) is 0 Å². The zero-order valence-corrected chi connectivity index (χ0v) is 5.09. The Balaban J connectivity index is 2.40. The minimum absolute atomic E-state index is 0.569. The van der Waals surface area contributed by atoms with Gasteiger partial charge in [0.2, 0.25) is 0 Å². The van der Waals surface area contributed by atoms with Gasteiger partial charge in [-0.3, -0.25) is 0 Å². The van der Waals surface area contributed by atoms with Gasteiger partial charge < -0.3 is 5.23 Å². The third-order valence-electron chi connectivity index (χ3n) is 1.30. The fourth-order valence-electron chi connectivity index (χ4n) is 0.742. The topological polar surface area (TPSA) is 12.0 Å². The zero-order chi connectivity index (χ0) is 5.82. The molecule has 0 radical (unpaired) electrons. The summed E-state index contributed by atoms with van der Waals surface area (Å²) in [5.74, 6) is 2.17. The van der Waals surface area contributed by atoms with E-state index in [9.17, 15) is 0 Å². The normalized spacial score (nSPS) is 16.4. The molecule has 1 aliphatic rings. The summed E-state index contributed by atoms with van der Waals surface area (Å²) in [6, 6.07) is 0. The van der Waals surface area contributed by atoms with E-state index in [0.29, 0.717) is 6.85 Å². The van der Waals surface area contributed by atoms with E-state index in [1.807, 2.05) is 12.3 Å². The number of hydrogen-bond donors (Lipinski definition) is 1. The molecule has 0 spiro atoms. The van der Waals surface area contributed by atoms with Crippen LogP contribution >= 0.6 is 0 Å². The summed E-state index contributed by atoms with van der Waals surface area (Å²) in [6.07, 6.45) is 7.23. The number of nitrogens with one attached hydrogen (secondary N) is 1. The molecule has 1 nitrogen and oxygen atoms in total. The molecule has 8 heavy (non-hydrogen) atoms. The Hall–Kier alpha value is -0.655. The minimum Gasteiger partial charge on any atom is -0.430 e. The molecule has 0 bridgehead atoms. The average Bonchev–Trinajstić information content (AvgIpc) is 1.90. The molecule has 0 unspecified atom stereocenters. The molecule has 2 heteroatoms. The minimum atomic E-state index is 0.569. The van der Waals surface area contributed by atoms with Gasteiger partial charge in [-0.1, -0.05) is 25.3 Å². The molecule has 1 rings (SSSR count). The van der Waals surface area contributed by atoms with E-state index in [4.69, 9.17) is 0 Å². The molecule has 1 heterocycles. The summed E-state index contributed by atoms with van der Waals surface area (Å²) in [7, 11) is 0. The van der Waals surface area contributed by atoms with Crippen LogP contribution in [0, 0.1) is 0 Å². The van der Waals surface area contributed by atoms with Crippen molar-refractivity contribution in [3.05, 3.63) is 24.3 Å². The van der Waals surface area contributed by atoms with Gasteiger partial charge in [-0.2, -0.15) is 0 Å². The number of hydrogen-bond acceptors (Lipinski definition) is 1. The quantitative estimate of drug-likeness (QED) is 0.496. The van der Waals surface area contributed by atoms with Crippen molar-refractivity contribution < 1.29 is 0 Å². The molecule has 0 aromatic rings. The van der Waals surface area contributed by atoms with E-state index in [2.05, 4.69) is 24.2 Å². The summed E-state index contributed by atoms with van der Waals surface area (Å²) < 4.78 is 0. The van der Waals surface area contributed by atoms with Crippen LogP contribution in [0.5, 0.6) is 0 Å². The molecular weight excluding hydrogens is 96.9 g/mol. The van der Waals surface area contributed by atoms with Gasteiger partial charge in [0.25, 0.3) is 6.85 Å². The predicted octanol–water partition coefficient (Wildman–Crippen LogP) is 1.21. The molecule has 0 atom stereocenters. The molecular formula is C6H10BN. The highest BCUT2D eigenvalue weighted by molar-refractivity contribution is 6.62. The highest BCUT2D eigenvalue weighted by Crippen LogP contribution is 1.93. The van der Waals surface area contributed by atoms with Crippen molar-refractivity contribution in [2.24, 2.45) is 0 Å². The van der Waals surface area contributed by atoms with Crippen molar-refractivity contribution in [2.45, 2.75) is 13.2 Å². The Kier molecular flexibility index (Phi) is 1.78. The van der Waals surface area contributed by atoms with Gasteiger partial charge in [-0.05, 0) is 12.3 Å². The summed E-state index contributed by atoms with van der Waals surface area (Å²) in [5, 5.41) is 3.20. The maximum Gasteiger partial charge on any atom is 0.277 e. The molecule has 0 fully saturated rings. The van der Waals surface area contributed by atoms with Gasteiger partial charge in [0.05, 0.1) is 0 Å². The fraction of sp³-hybridized carbons (Fsp3) is 0.333. The zero-order valence-electron chi connectivity index (χ0n) is 5.09.